The van der Waals surface area contributed by atoms with E-state index in [9.17, 15) is 0 Å². The highest BCUT2D eigenvalue weighted by molar-refractivity contribution is 9.10. The summed E-state index contributed by atoms with van der Waals surface area (Å²) in [7, 11) is 2.12. The van der Waals surface area contributed by atoms with Gasteiger partial charge in [-0.3, -0.25) is 0 Å². The van der Waals surface area contributed by atoms with E-state index in [1.807, 2.05) is 6.07 Å². The number of pyridine rings is 1. The summed E-state index contributed by atoms with van der Waals surface area (Å²) < 4.78 is 0.876. The van der Waals surface area contributed by atoms with Crippen molar-refractivity contribution in [3.8, 4) is 0 Å². The standard InChI is InChI=1S/C12H15BrN6/c1-18-2-4-19(5-3-18)12-10(14)16-9-6-8(13)7-15-11(9)17-12/h6-7H,2-5H2,1H3,(H2,14,16). The van der Waals surface area contributed by atoms with Gasteiger partial charge in [0.25, 0.3) is 0 Å². The molecule has 0 aliphatic carbocycles. The fourth-order valence-corrected chi connectivity index (χ4v) is 2.50. The van der Waals surface area contributed by atoms with Gasteiger partial charge in [0.2, 0.25) is 0 Å². The van der Waals surface area contributed by atoms with Gasteiger partial charge in [0.15, 0.2) is 17.3 Å². The van der Waals surface area contributed by atoms with Crippen LogP contribution in [0.25, 0.3) is 11.2 Å². The van der Waals surface area contributed by atoms with Crippen LogP contribution in [-0.4, -0.2) is 53.1 Å². The first kappa shape index (κ1) is 12.6. The minimum Gasteiger partial charge on any atom is -0.381 e. The summed E-state index contributed by atoms with van der Waals surface area (Å²) in [6, 6.07) is 1.87. The zero-order valence-corrected chi connectivity index (χ0v) is 12.3. The van der Waals surface area contributed by atoms with Crippen molar-refractivity contribution in [2.24, 2.45) is 0 Å². The lowest BCUT2D eigenvalue weighted by molar-refractivity contribution is 0.312. The van der Waals surface area contributed by atoms with E-state index in [4.69, 9.17) is 5.73 Å². The summed E-state index contributed by atoms with van der Waals surface area (Å²) in [5.41, 5.74) is 7.37. The number of nitrogen functional groups attached to an aromatic ring is 1. The van der Waals surface area contributed by atoms with Crippen LogP contribution in [0.4, 0.5) is 11.6 Å². The molecule has 0 spiro atoms. The number of rotatable bonds is 1. The number of nitrogens with zero attached hydrogens (tertiary/aromatic N) is 5. The van der Waals surface area contributed by atoms with Crippen LogP contribution < -0.4 is 10.6 Å². The molecule has 1 saturated heterocycles. The fourth-order valence-electron chi connectivity index (χ4n) is 2.18. The van der Waals surface area contributed by atoms with Crippen molar-refractivity contribution >= 4 is 38.7 Å². The molecule has 3 heterocycles. The Labute approximate surface area is 119 Å². The number of hydrogen-bond donors (Lipinski definition) is 1. The topological polar surface area (TPSA) is 71.2 Å². The number of aromatic nitrogens is 3. The van der Waals surface area contributed by atoms with E-state index >= 15 is 0 Å². The predicted molar refractivity (Wildman–Crippen MR) is 79.2 cm³/mol. The minimum absolute atomic E-state index is 0.469. The van der Waals surface area contributed by atoms with Crippen LogP contribution in [0.3, 0.4) is 0 Å². The third-order valence-corrected chi connectivity index (χ3v) is 3.73. The molecule has 0 radical (unpaired) electrons. The van der Waals surface area contributed by atoms with E-state index in [1.54, 1.807) is 6.20 Å². The molecule has 3 rings (SSSR count). The van der Waals surface area contributed by atoms with Gasteiger partial charge in [-0.25, -0.2) is 15.0 Å². The van der Waals surface area contributed by atoms with Crippen LogP contribution in [-0.2, 0) is 0 Å². The Balaban J connectivity index is 1.99. The third-order valence-electron chi connectivity index (χ3n) is 3.30. The molecular weight excluding hydrogens is 308 g/mol. The molecule has 2 N–H and O–H groups in total. The quantitative estimate of drug-likeness (QED) is 0.848. The van der Waals surface area contributed by atoms with Crippen LogP contribution in [0, 0.1) is 0 Å². The predicted octanol–water partition coefficient (Wildman–Crippen LogP) is 1.12. The maximum absolute atomic E-state index is 6.03. The van der Waals surface area contributed by atoms with Crippen LogP contribution in [0.1, 0.15) is 0 Å². The number of halogens is 1. The molecule has 0 aromatic carbocycles. The Hall–Kier alpha value is -1.47. The van der Waals surface area contributed by atoms with Crippen molar-refractivity contribution in [3.05, 3.63) is 16.7 Å². The molecule has 0 saturated carbocycles. The van der Waals surface area contributed by atoms with Gasteiger partial charge in [-0.2, -0.15) is 0 Å². The van der Waals surface area contributed by atoms with E-state index in [0.29, 0.717) is 17.0 Å². The molecule has 6 nitrogen and oxygen atoms in total. The van der Waals surface area contributed by atoms with E-state index in [1.165, 1.54) is 0 Å². The Kier molecular flexibility index (Phi) is 3.24. The molecule has 2 aromatic rings. The van der Waals surface area contributed by atoms with Gasteiger partial charge in [0, 0.05) is 36.8 Å². The van der Waals surface area contributed by atoms with Gasteiger partial charge >= 0.3 is 0 Å². The second-order valence-corrected chi connectivity index (χ2v) is 5.63. The number of nitrogens with two attached hydrogens (primary N) is 1. The average molecular weight is 323 g/mol. The maximum atomic E-state index is 6.03. The van der Waals surface area contributed by atoms with Crippen molar-refractivity contribution in [1.82, 2.24) is 19.9 Å². The zero-order valence-electron chi connectivity index (χ0n) is 10.7. The van der Waals surface area contributed by atoms with Gasteiger partial charge in [-0.1, -0.05) is 0 Å². The van der Waals surface area contributed by atoms with Crippen LogP contribution in [0.5, 0.6) is 0 Å². The first-order chi connectivity index (χ1) is 9.13. The van der Waals surface area contributed by atoms with Crippen LogP contribution in [0.15, 0.2) is 16.7 Å². The number of anilines is 2. The SMILES string of the molecule is CN1CCN(c2nc3ncc(Br)cc3nc2N)CC1. The van der Waals surface area contributed by atoms with E-state index < -0.39 is 0 Å². The van der Waals surface area contributed by atoms with E-state index in [-0.39, 0.29) is 0 Å². The van der Waals surface area contributed by atoms with Gasteiger partial charge in [0.1, 0.15) is 5.52 Å². The van der Waals surface area contributed by atoms with Crippen molar-refractivity contribution in [3.63, 3.8) is 0 Å². The monoisotopic (exact) mass is 322 g/mol. The smallest absolute Gasteiger partial charge is 0.180 e. The summed E-state index contributed by atoms with van der Waals surface area (Å²) >= 11 is 3.37. The molecule has 1 aliphatic heterocycles. The normalized spacial score (nSPS) is 17.1. The Morgan fingerprint density at radius 3 is 2.68 bits per heavy atom. The lowest BCUT2D eigenvalue weighted by Gasteiger charge is -2.33. The molecule has 0 amide bonds. The Bertz CT molecular complexity index is 608. The van der Waals surface area contributed by atoms with Gasteiger partial charge < -0.3 is 15.5 Å². The minimum atomic E-state index is 0.469. The highest BCUT2D eigenvalue weighted by Gasteiger charge is 2.19. The summed E-state index contributed by atoms with van der Waals surface area (Å²) in [5.74, 6) is 1.22. The molecule has 19 heavy (non-hydrogen) atoms. The summed E-state index contributed by atoms with van der Waals surface area (Å²) in [6.45, 7) is 3.84. The Morgan fingerprint density at radius 1 is 1.21 bits per heavy atom. The largest absolute Gasteiger partial charge is 0.381 e. The summed E-state index contributed by atoms with van der Waals surface area (Å²) in [5, 5.41) is 0. The average Bonchev–Trinajstić information content (AvgIpc) is 2.39. The summed E-state index contributed by atoms with van der Waals surface area (Å²) in [6.07, 6.45) is 1.72. The molecular formula is C12H15BrN6. The second-order valence-electron chi connectivity index (χ2n) is 4.72. The van der Waals surface area contributed by atoms with Gasteiger partial charge in [-0.05, 0) is 29.0 Å². The second kappa shape index (κ2) is 4.90. The lowest BCUT2D eigenvalue weighted by atomic mass is 10.3. The number of likely N-dealkylation sites (N-methyl/N-ethyl adjacent to an activating group) is 1. The first-order valence-corrected chi connectivity index (χ1v) is 6.95. The fraction of sp³-hybridized carbons (Fsp3) is 0.417. The van der Waals surface area contributed by atoms with Crippen LogP contribution in [0.2, 0.25) is 0 Å². The van der Waals surface area contributed by atoms with Crippen molar-refractivity contribution in [2.45, 2.75) is 0 Å². The van der Waals surface area contributed by atoms with E-state index in [2.05, 4.69) is 47.7 Å². The highest BCUT2D eigenvalue weighted by Crippen LogP contribution is 2.23. The lowest BCUT2D eigenvalue weighted by Crippen LogP contribution is -2.45. The molecule has 0 unspecified atom stereocenters. The molecule has 0 atom stereocenters. The number of hydrogen-bond acceptors (Lipinski definition) is 6. The zero-order chi connectivity index (χ0) is 13.4. The summed E-state index contributed by atoms with van der Waals surface area (Å²) in [4.78, 5) is 17.7. The maximum Gasteiger partial charge on any atom is 0.180 e. The highest BCUT2D eigenvalue weighted by atomic mass is 79.9. The molecule has 2 aromatic heterocycles. The number of piperazine rings is 1. The Morgan fingerprint density at radius 2 is 1.95 bits per heavy atom. The van der Waals surface area contributed by atoms with Gasteiger partial charge in [0.05, 0.1) is 0 Å². The van der Waals surface area contributed by atoms with E-state index in [0.717, 1.165) is 36.5 Å². The van der Waals surface area contributed by atoms with Crippen molar-refractivity contribution in [2.75, 3.05) is 43.9 Å². The molecule has 1 fully saturated rings. The molecule has 1 aliphatic rings. The van der Waals surface area contributed by atoms with Gasteiger partial charge in [-0.15, -0.1) is 0 Å². The van der Waals surface area contributed by atoms with Crippen molar-refractivity contribution < 1.29 is 0 Å². The first-order valence-electron chi connectivity index (χ1n) is 6.16. The third kappa shape index (κ3) is 2.48. The van der Waals surface area contributed by atoms with Crippen molar-refractivity contribution in [1.29, 1.82) is 0 Å². The molecule has 7 heteroatoms. The van der Waals surface area contributed by atoms with Crippen LogP contribution >= 0.6 is 15.9 Å². The molecule has 100 valence electrons. The number of fused-ring (bicyclic) bond motifs is 1. The molecule has 0 bridgehead atoms.